The summed E-state index contributed by atoms with van der Waals surface area (Å²) in [5, 5.41) is 11.5. The van der Waals surface area contributed by atoms with E-state index in [1.54, 1.807) is 36.4 Å². The molecule has 1 N–H and O–H groups in total. The molecule has 0 aromatic heterocycles. The fraction of sp³-hybridized carbons (Fsp3) is 0.333. The standard InChI is InChI=1S/C24H26ClNO5/c1-5-12-26-21(15-6-9-17(10-7-15)31-14(2)3)20(23(28)24(26)29)22(27)18-13-16(25)8-11-19(18)30-4/h6-11,13-14,21,27H,5,12H2,1-4H3/b22-20+. The van der Waals surface area contributed by atoms with E-state index in [0.29, 0.717) is 35.1 Å². The number of benzene rings is 2. The van der Waals surface area contributed by atoms with Crippen LogP contribution in [0.2, 0.25) is 5.02 Å². The Labute approximate surface area is 187 Å². The van der Waals surface area contributed by atoms with Crippen LogP contribution in [0.15, 0.2) is 48.0 Å². The quantitative estimate of drug-likeness (QED) is 0.371. The predicted molar refractivity (Wildman–Crippen MR) is 120 cm³/mol. The number of aliphatic hydroxyl groups is 1. The minimum Gasteiger partial charge on any atom is -0.507 e. The second-order valence-corrected chi connectivity index (χ2v) is 8.01. The van der Waals surface area contributed by atoms with Crippen molar-refractivity contribution in [1.82, 2.24) is 4.90 Å². The minimum atomic E-state index is -0.736. The molecular formula is C24H26ClNO5. The van der Waals surface area contributed by atoms with Crippen molar-refractivity contribution in [2.45, 2.75) is 39.3 Å². The molecule has 7 heteroatoms. The second-order valence-electron chi connectivity index (χ2n) is 7.57. The molecule has 1 amide bonds. The summed E-state index contributed by atoms with van der Waals surface area (Å²) in [5.41, 5.74) is 0.970. The van der Waals surface area contributed by atoms with Crippen LogP contribution in [0, 0.1) is 0 Å². The Morgan fingerprint density at radius 1 is 1.16 bits per heavy atom. The number of halogens is 1. The van der Waals surface area contributed by atoms with Crippen molar-refractivity contribution >= 4 is 29.1 Å². The van der Waals surface area contributed by atoms with Crippen LogP contribution in [-0.4, -0.2) is 41.5 Å². The summed E-state index contributed by atoms with van der Waals surface area (Å²) in [6.45, 7) is 6.17. The number of hydrogen-bond donors (Lipinski definition) is 1. The molecular weight excluding hydrogens is 418 g/mol. The average Bonchev–Trinajstić information content (AvgIpc) is 2.98. The fourth-order valence-corrected chi connectivity index (χ4v) is 3.88. The Kier molecular flexibility index (Phi) is 6.91. The van der Waals surface area contributed by atoms with Crippen molar-refractivity contribution in [2.75, 3.05) is 13.7 Å². The smallest absolute Gasteiger partial charge is 0.295 e. The SMILES string of the molecule is CCCN1C(=O)C(=O)/C(=C(/O)c2cc(Cl)ccc2OC)C1c1ccc(OC(C)C)cc1. The van der Waals surface area contributed by atoms with E-state index in [-0.39, 0.29) is 23.0 Å². The number of ether oxygens (including phenoxy) is 2. The third kappa shape index (κ3) is 4.54. The molecule has 0 aliphatic carbocycles. The number of rotatable bonds is 7. The number of likely N-dealkylation sites (tertiary alicyclic amines) is 1. The second kappa shape index (κ2) is 9.43. The summed E-state index contributed by atoms with van der Waals surface area (Å²) >= 11 is 6.11. The van der Waals surface area contributed by atoms with Crippen LogP contribution in [0.25, 0.3) is 5.76 Å². The molecule has 1 saturated heterocycles. The Hall–Kier alpha value is -2.99. The monoisotopic (exact) mass is 443 g/mol. The molecule has 2 aromatic carbocycles. The minimum absolute atomic E-state index is 0.0107. The van der Waals surface area contributed by atoms with Crippen LogP contribution in [0.3, 0.4) is 0 Å². The zero-order valence-electron chi connectivity index (χ0n) is 18.0. The van der Waals surface area contributed by atoms with Crippen molar-refractivity contribution in [3.63, 3.8) is 0 Å². The van der Waals surface area contributed by atoms with E-state index in [0.717, 1.165) is 0 Å². The molecule has 164 valence electrons. The zero-order chi connectivity index (χ0) is 22.7. The Morgan fingerprint density at radius 3 is 2.42 bits per heavy atom. The number of nitrogens with zero attached hydrogens (tertiary/aromatic N) is 1. The van der Waals surface area contributed by atoms with Gasteiger partial charge in [0.2, 0.25) is 0 Å². The lowest BCUT2D eigenvalue weighted by Gasteiger charge is -2.25. The van der Waals surface area contributed by atoms with E-state index in [9.17, 15) is 14.7 Å². The van der Waals surface area contributed by atoms with Gasteiger partial charge in [0.1, 0.15) is 17.3 Å². The number of carbonyl (C=O) groups excluding carboxylic acids is 2. The van der Waals surface area contributed by atoms with Crippen LogP contribution in [-0.2, 0) is 9.59 Å². The van der Waals surface area contributed by atoms with Crippen molar-refractivity contribution in [3.05, 3.63) is 64.2 Å². The van der Waals surface area contributed by atoms with Gasteiger partial charge in [-0.15, -0.1) is 0 Å². The van der Waals surface area contributed by atoms with E-state index in [2.05, 4.69) is 0 Å². The Balaban J connectivity index is 2.17. The van der Waals surface area contributed by atoms with E-state index in [1.165, 1.54) is 18.1 Å². The van der Waals surface area contributed by atoms with Gasteiger partial charge >= 0.3 is 0 Å². The van der Waals surface area contributed by atoms with Crippen LogP contribution in [0.4, 0.5) is 0 Å². The van der Waals surface area contributed by atoms with Crippen molar-refractivity contribution < 1.29 is 24.2 Å². The van der Waals surface area contributed by atoms with Gasteiger partial charge in [-0.3, -0.25) is 9.59 Å². The van der Waals surface area contributed by atoms with Gasteiger partial charge in [-0.2, -0.15) is 0 Å². The van der Waals surface area contributed by atoms with Gasteiger partial charge in [-0.1, -0.05) is 30.7 Å². The summed E-state index contributed by atoms with van der Waals surface area (Å²) in [7, 11) is 1.46. The lowest BCUT2D eigenvalue weighted by atomic mass is 9.95. The van der Waals surface area contributed by atoms with Gasteiger partial charge in [0, 0.05) is 11.6 Å². The van der Waals surface area contributed by atoms with Gasteiger partial charge in [-0.25, -0.2) is 0 Å². The molecule has 1 aliphatic heterocycles. The molecule has 0 radical (unpaired) electrons. The molecule has 2 aromatic rings. The summed E-state index contributed by atoms with van der Waals surface area (Å²) in [4.78, 5) is 27.3. The number of aliphatic hydroxyl groups excluding tert-OH is 1. The maximum atomic E-state index is 13.0. The van der Waals surface area contributed by atoms with Crippen LogP contribution < -0.4 is 9.47 Å². The number of ketones is 1. The maximum Gasteiger partial charge on any atom is 0.295 e. The lowest BCUT2D eigenvalue weighted by molar-refractivity contribution is -0.139. The zero-order valence-corrected chi connectivity index (χ0v) is 18.8. The van der Waals surface area contributed by atoms with Crippen molar-refractivity contribution in [1.29, 1.82) is 0 Å². The highest BCUT2D eigenvalue weighted by atomic mass is 35.5. The summed E-state index contributed by atoms with van der Waals surface area (Å²) in [6.07, 6.45) is 0.686. The first-order valence-electron chi connectivity index (χ1n) is 10.2. The summed E-state index contributed by atoms with van der Waals surface area (Å²) in [6, 6.07) is 11.2. The molecule has 0 bridgehead atoms. The molecule has 1 unspecified atom stereocenters. The Morgan fingerprint density at radius 2 is 1.84 bits per heavy atom. The lowest BCUT2D eigenvalue weighted by Crippen LogP contribution is -2.30. The molecule has 31 heavy (non-hydrogen) atoms. The summed E-state index contributed by atoms with van der Waals surface area (Å²) in [5.74, 6) is -0.660. The largest absolute Gasteiger partial charge is 0.507 e. The van der Waals surface area contributed by atoms with Gasteiger partial charge in [0.15, 0.2) is 0 Å². The van der Waals surface area contributed by atoms with E-state index >= 15 is 0 Å². The topological polar surface area (TPSA) is 76.1 Å². The van der Waals surface area contributed by atoms with E-state index in [4.69, 9.17) is 21.1 Å². The van der Waals surface area contributed by atoms with Crippen molar-refractivity contribution in [2.24, 2.45) is 0 Å². The van der Waals surface area contributed by atoms with E-state index in [1.807, 2.05) is 20.8 Å². The first kappa shape index (κ1) is 22.7. The third-order valence-electron chi connectivity index (χ3n) is 4.99. The predicted octanol–water partition coefficient (Wildman–Crippen LogP) is 4.97. The summed E-state index contributed by atoms with van der Waals surface area (Å²) < 4.78 is 11.0. The molecule has 0 saturated carbocycles. The van der Waals surface area contributed by atoms with Gasteiger partial charge in [0.05, 0.1) is 30.4 Å². The number of amides is 1. The van der Waals surface area contributed by atoms with E-state index < -0.39 is 17.7 Å². The van der Waals surface area contributed by atoms with Gasteiger partial charge in [0.25, 0.3) is 11.7 Å². The molecule has 1 aliphatic rings. The molecule has 1 heterocycles. The van der Waals surface area contributed by atoms with Crippen molar-refractivity contribution in [3.8, 4) is 11.5 Å². The molecule has 6 nitrogen and oxygen atoms in total. The number of hydrogen-bond acceptors (Lipinski definition) is 5. The molecule has 1 atom stereocenters. The Bertz CT molecular complexity index is 1010. The van der Waals surface area contributed by atoms with Crippen LogP contribution >= 0.6 is 11.6 Å². The van der Waals surface area contributed by atoms with Crippen LogP contribution in [0.5, 0.6) is 11.5 Å². The average molecular weight is 444 g/mol. The first-order valence-corrected chi connectivity index (χ1v) is 10.5. The number of carbonyl (C=O) groups is 2. The third-order valence-corrected chi connectivity index (χ3v) is 5.22. The number of Topliss-reactive ketones (excluding diaryl/α,β-unsaturated/α-hetero) is 1. The normalized spacial score (nSPS) is 18.0. The molecule has 0 spiro atoms. The molecule has 3 rings (SSSR count). The van der Waals surface area contributed by atoms with Gasteiger partial charge < -0.3 is 19.5 Å². The maximum absolute atomic E-state index is 13.0. The fourth-order valence-electron chi connectivity index (χ4n) is 3.71. The highest BCUT2D eigenvalue weighted by molar-refractivity contribution is 6.46. The first-order chi connectivity index (χ1) is 14.8. The number of methoxy groups -OCH3 is 1. The molecule has 1 fully saturated rings. The van der Waals surface area contributed by atoms with Crippen LogP contribution in [0.1, 0.15) is 44.4 Å². The van der Waals surface area contributed by atoms with Gasteiger partial charge in [-0.05, 0) is 56.2 Å². The highest BCUT2D eigenvalue weighted by Crippen LogP contribution is 2.41. The highest BCUT2D eigenvalue weighted by Gasteiger charge is 2.45.